The normalized spacial score (nSPS) is 10.0. The van der Waals surface area contributed by atoms with Crippen LogP contribution in [0.2, 0.25) is 0 Å². The number of nitrogens with zero attached hydrogens (tertiary/aromatic N) is 2. The molecule has 1 heterocycles. The average Bonchev–Trinajstić information content (AvgIpc) is 2.29. The average molecular weight is 208 g/mol. The number of aliphatic hydroxyl groups is 2. The first-order valence-corrected chi connectivity index (χ1v) is 4.85. The van der Waals surface area contributed by atoms with Crippen LogP contribution in [-0.4, -0.2) is 46.4 Å². The predicted molar refractivity (Wildman–Crippen MR) is 59.0 cm³/mol. The molecule has 0 saturated heterocycles. The van der Waals surface area contributed by atoms with E-state index in [9.17, 15) is 0 Å². The monoisotopic (exact) mass is 208 g/mol. The molecule has 0 aliphatic carbocycles. The Kier molecular flexibility index (Phi) is 4.80. The van der Waals surface area contributed by atoms with E-state index in [0.29, 0.717) is 13.1 Å². The van der Waals surface area contributed by atoms with Crippen LogP contribution in [0.4, 0.5) is 0 Å². The van der Waals surface area contributed by atoms with E-state index in [1.54, 1.807) is 12.4 Å². The van der Waals surface area contributed by atoms with Crippen LogP contribution in [0, 0.1) is 0 Å². The van der Waals surface area contributed by atoms with E-state index in [1.165, 1.54) is 0 Å². The summed E-state index contributed by atoms with van der Waals surface area (Å²) in [6, 6.07) is 3.70. The van der Waals surface area contributed by atoms with Crippen molar-refractivity contribution in [3.63, 3.8) is 0 Å². The topological polar surface area (TPSA) is 56.6 Å². The van der Waals surface area contributed by atoms with Gasteiger partial charge in [-0.25, -0.2) is 0 Å². The summed E-state index contributed by atoms with van der Waals surface area (Å²) >= 11 is 0. The summed E-state index contributed by atoms with van der Waals surface area (Å²) < 4.78 is 0. The molecule has 0 spiro atoms. The van der Waals surface area contributed by atoms with Gasteiger partial charge in [0, 0.05) is 36.7 Å². The fourth-order valence-corrected chi connectivity index (χ4v) is 1.35. The summed E-state index contributed by atoms with van der Waals surface area (Å²) in [5.41, 5.74) is 1.74. The zero-order valence-electron chi connectivity index (χ0n) is 8.63. The summed E-state index contributed by atoms with van der Waals surface area (Å²) in [5, 5.41) is 17.8. The Morgan fingerprint density at radius 3 is 2.20 bits per heavy atom. The van der Waals surface area contributed by atoms with Gasteiger partial charge >= 0.3 is 0 Å². The molecule has 2 N–H and O–H groups in total. The van der Waals surface area contributed by atoms with E-state index < -0.39 is 0 Å². The Hall–Kier alpha value is -1.39. The van der Waals surface area contributed by atoms with Gasteiger partial charge in [-0.1, -0.05) is 6.58 Å². The molecule has 1 aromatic rings. The van der Waals surface area contributed by atoms with Crippen molar-refractivity contribution in [3.05, 3.63) is 36.7 Å². The largest absolute Gasteiger partial charge is 0.395 e. The molecule has 0 amide bonds. The smallest absolute Gasteiger partial charge is 0.0606 e. The molecule has 82 valence electrons. The number of hydrogen-bond acceptors (Lipinski definition) is 4. The standard InChI is InChI=1S/C11H16N2O2/c1-10(11-2-4-12-5-3-11)13(6-8-14)7-9-15/h2-5,14-15H,1,6-9H2. The molecule has 0 bridgehead atoms. The third-order valence-corrected chi connectivity index (χ3v) is 2.14. The summed E-state index contributed by atoms with van der Waals surface area (Å²) in [6.45, 7) is 4.98. The molecule has 1 rings (SSSR count). The van der Waals surface area contributed by atoms with Crippen molar-refractivity contribution in [3.8, 4) is 0 Å². The van der Waals surface area contributed by atoms with Gasteiger partial charge in [0.2, 0.25) is 0 Å². The number of rotatable bonds is 6. The van der Waals surface area contributed by atoms with E-state index in [1.807, 2.05) is 17.0 Å². The van der Waals surface area contributed by atoms with Crippen LogP contribution >= 0.6 is 0 Å². The molecule has 0 aliphatic rings. The van der Waals surface area contributed by atoms with Gasteiger partial charge < -0.3 is 15.1 Å². The zero-order valence-corrected chi connectivity index (χ0v) is 8.63. The minimum absolute atomic E-state index is 0.0457. The van der Waals surface area contributed by atoms with E-state index in [4.69, 9.17) is 10.2 Å². The summed E-state index contributed by atoms with van der Waals surface area (Å²) in [4.78, 5) is 5.76. The van der Waals surface area contributed by atoms with Crippen molar-refractivity contribution in [2.75, 3.05) is 26.3 Å². The van der Waals surface area contributed by atoms with Crippen molar-refractivity contribution in [1.29, 1.82) is 0 Å². The number of aliphatic hydroxyl groups excluding tert-OH is 2. The lowest BCUT2D eigenvalue weighted by Gasteiger charge is -2.25. The fraction of sp³-hybridized carbons (Fsp3) is 0.364. The molecular weight excluding hydrogens is 192 g/mol. The molecule has 0 fully saturated rings. The summed E-state index contributed by atoms with van der Waals surface area (Å²) in [5.74, 6) is 0. The highest BCUT2D eigenvalue weighted by molar-refractivity contribution is 5.61. The Bertz CT molecular complexity index is 295. The fourth-order valence-electron chi connectivity index (χ4n) is 1.35. The third-order valence-electron chi connectivity index (χ3n) is 2.14. The lowest BCUT2D eigenvalue weighted by atomic mass is 10.2. The first-order valence-electron chi connectivity index (χ1n) is 4.85. The number of aromatic nitrogens is 1. The van der Waals surface area contributed by atoms with Crippen LogP contribution in [0.5, 0.6) is 0 Å². The first-order chi connectivity index (χ1) is 7.29. The van der Waals surface area contributed by atoms with Gasteiger partial charge in [-0.05, 0) is 12.1 Å². The first kappa shape index (κ1) is 11.7. The Morgan fingerprint density at radius 2 is 1.73 bits per heavy atom. The second-order valence-electron chi connectivity index (χ2n) is 3.12. The Balaban J connectivity index is 2.71. The van der Waals surface area contributed by atoms with E-state index in [0.717, 1.165) is 11.3 Å². The van der Waals surface area contributed by atoms with Crippen LogP contribution in [-0.2, 0) is 0 Å². The van der Waals surface area contributed by atoms with Crippen LogP contribution in [0.3, 0.4) is 0 Å². The lowest BCUT2D eigenvalue weighted by molar-refractivity contribution is 0.206. The molecule has 15 heavy (non-hydrogen) atoms. The van der Waals surface area contributed by atoms with Gasteiger partial charge in [-0.2, -0.15) is 0 Å². The second kappa shape index (κ2) is 6.16. The number of hydrogen-bond donors (Lipinski definition) is 2. The molecule has 0 atom stereocenters. The maximum absolute atomic E-state index is 8.88. The maximum atomic E-state index is 8.88. The molecule has 1 aromatic heterocycles. The molecule has 0 aliphatic heterocycles. The van der Waals surface area contributed by atoms with Gasteiger partial charge in [-0.3, -0.25) is 4.98 Å². The van der Waals surface area contributed by atoms with Crippen molar-refractivity contribution in [2.45, 2.75) is 0 Å². The van der Waals surface area contributed by atoms with Gasteiger partial charge in [0.25, 0.3) is 0 Å². The van der Waals surface area contributed by atoms with Crippen LogP contribution in [0.25, 0.3) is 5.70 Å². The van der Waals surface area contributed by atoms with Crippen molar-refractivity contribution >= 4 is 5.70 Å². The van der Waals surface area contributed by atoms with Crippen LogP contribution < -0.4 is 0 Å². The van der Waals surface area contributed by atoms with Crippen LogP contribution in [0.15, 0.2) is 31.1 Å². The Labute approximate surface area is 89.5 Å². The Morgan fingerprint density at radius 1 is 1.20 bits per heavy atom. The summed E-state index contributed by atoms with van der Waals surface area (Å²) in [7, 11) is 0. The molecule has 4 nitrogen and oxygen atoms in total. The van der Waals surface area contributed by atoms with Gasteiger partial charge in [0.15, 0.2) is 0 Å². The van der Waals surface area contributed by atoms with E-state index in [-0.39, 0.29) is 13.2 Å². The highest BCUT2D eigenvalue weighted by Gasteiger charge is 2.07. The molecule has 0 radical (unpaired) electrons. The van der Waals surface area contributed by atoms with Crippen LogP contribution in [0.1, 0.15) is 5.56 Å². The molecule has 0 unspecified atom stereocenters. The summed E-state index contributed by atoms with van der Waals surface area (Å²) in [6.07, 6.45) is 3.38. The minimum atomic E-state index is 0.0457. The van der Waals surface area contributed by atoms with Crippen molar-refractivity contribution in [1.82, 2.24) is 9.88 Å². The molecule has 0 saturated carbocycles. The quantitative estimate of drug-likeness (QED) is 0.707. The highest BCUT2D eigenvalue weighted by Crippen LogP contribution is 2.15. The minimum Gasteiger partial charge on any atom is -0.395 e. The van der Waals surface area contributed by atoms with Gasteiger partial charge in [0.1, 0.15) is 0 Å². The SMILES string of the molecule is C=C(c1ccncc1)N(CCO)CCO. The third kappa shape index (κ3) is 3.34. The predicted octanol–water partition coefficient (Wildman–Crippen LogP) is 0.339. The van der Waals surface area contributed by atoms with E-state index in [2.05, 4.69) is 11.6 Å². The highest BCUT2D eigenvalue weighted by atomic mass is 16.3. The lowest BCUT2D eigenvalue weighted by Crippen LogP contribution is -2.28. The molecule has 0 aromatic carbocycles. The molecular formula is C11H16N2O2. The van der Waals surface area contributed by atoms with Crippen molar-refractivity contribution in [2.24, 2.45) is 0 Å². The number of pyridine rings is 1. The van der Waals surface area contributed by atoms with Crippen molar-refractivity contribution < 1.29 is 10.2 Å². The van der Waals surface area contributed by atoms with Gasteiger partial charge in [-0.15, -0.1) is 0 Å². The van der Waals surface area contributed by atoms with Gasteiger partial charge in [0.05, 0.1) is 13.2 Å². The van der Waals surface area contributed by atoms with E-state index >= 15 is 0 Å². The zero-order chi connectivity index (χ0) is 11.1. The second-order valence-corrected chi connectivity index (χ2v) is 3.12. The maximum Gasteiger partial charge on any atom is 0.0606 e. The molecule has 4 heteroatoms.